The number of piperazine rings is 1. The van der Waals surface area contributed by atoms with Crippen molar-refractivity contribution in [3.63, 3.8) is 0 Å². The summed E-state index contributed by atoms with van der Waals surface area (Å²) in [4.78, 5) is 14.3. The predicted octanol–water partition coefficient (Wildman–Crippen LogP) is 1.82. The number of nitrogens with one attached hydrogen (secondary N) is 1. The molecule has 0 spiro atoms. The minimum atomic E-state index is 0.427. The topological polar surface area (TPSA) is 44.3 Å². The zero-order chi connectivity index (χ0) is 15.4. The van der Waals surface area contributed by atoms with E-state index in [2.05, 4.69) is 56.0 Å². The quantitative estimate of drug-likeness (QED) is 0.896. The molecule has 1 fully saturated rings. The molecule has 1 unspecified atom stereocenters. The first-order valence-corrected chi connectivity index (χ1v) is 8.00. The van der Waals surface area contributed by atoms with E-state index in [0.29, 0.717) is 12.0 Å². The second kappa shape index (κ2) is 7.18. The van der Waals surface area contributed by atoms with Crippen molar-refractivity contribution in [1.82, 2.24) is 19.8 Å². The largest absolute Gasteiger partial charge is 0.370 e. The number of anilines is 1. The lowest BCUT2D eigenvalue weighted by Gasteiger charge is -2.37. The van der Waals surface area contributed by atoms with Crippen LogP contribution in [0.15, 0.2) is 6.07 Å². The van der Waals surface area contributed by atoms with Crippen molar-refractivity contribution in [3.05, 3.63) is 17.6 Å². The molecule has 1 saturated heterocycles. The first-order valence-electron chi connectivity index (χ1n) is 8.00. The van der Waals surface area contributed by atoms with Gasteiger partial charge in [-0.05, 0) is 26.9 Å². The third kappa shape index (κ3) is 4.38. The molecule has 5 heteroatoms. The molecule has 0 amide bonds. The van der Waals surface area contributed by atoms with Crippen molar-refractivity contribution < 1.29 is 0 Å². The van der Waals surface area contributed by atoms with Gasteiger partial charge in [0.2, 0.25) is 0 Å². The van der Waals surface area contributed by atoms with Crippen LogP contribution in [0.25, 0.3) is 0 Å². The third-order valence-electron chi connectivity index (χ3n) is 4.14. The molecule has 1 atom stereocenters. The molecule has 0 saturated carbocycles. The maximum Gasteiger partial charge on any atom is 0.132 e. The molecule has 118 valence electrons. The Balaban J connectivity index is 2.17. The maximum atomic E-state index is 4.77. The lowest BCUT2D eigenvalue weighted by atomic mass is 10.1. The van der Waals surface area contributed by atoms with E-state index < -0.39 is 0 Å². The van der Waals surface area contributed by atoms with Crippen LogP contribution in [-0.2, 0) is 6.42 Å². The second-order valence-electron chi connectivity index (χ2n) is 6.38. The van der Waals surface area contributed by atoms with Gasteiger partial charge >= 0.3 is 0 Å². The van der Waals surface area contributed by atoms with Crippen LogP contribution in [0.3, 0.4) is 0 Å². The monoisotopic (exact) mass is 291 g/mol. The molecule has 5 nitrogen and oxygen atoms in total. The normalized spacial score (nSPS) is 21.0. The van der Waals surface area contributed by atoms with Crippen LogP contribution in [0.5, 0.6) is 0 Å². The Morgan fingerprint density at radius 3 is 2.71 bits per heavy atom. The van der Waals surface area contributed by atoms with Crippen LogP contribution in [0, 0.1) is 0 Å². The van der Waals surface area contributed by atoms with Gasteiger partial charge in [-0.15, -0.1) is 0 Å². The summed E-state index contributed by atoms with van der Waals surface area (Å²) >= 11 is 0. The highest BCUT2D eigenvalue weighted by Crippen LogP contribution is 2.18. The predicted molar refractivity (Wildman–Crippen MR) is 87.9 cm³/mol. The number of hydrogen-bond donors (Lipinski definition) is 1. The van der Waals surface area contributed by atoms with Crippen molar-refractivity contribution in [1.29, 1.82) is 0 Å². The lowest BCUT2D eigenvalue weighted by molar-refractivity contribution is 0.113. The molecule has 0 aromatic carbocycles. The van der Waals surface area contributed by atoms with Gasteiger partial charge in [-0.1, -0.05) is 13.8 Å². The van der Waals surface area contributed by atoms with E-state index in [1.165, 1.54) is 0 Å². The van der Waals surface area contributed by atoms with Crippen molar-refractivity contribution >= 4 is 5.82 Å². The van der Waals surface area contributed by atoms with Gasteiger partial charge in [0.25, 0.3) is 0 Å². The first kappa shape index (κ1) is 16.2. The molecule has 1 aromatic heterocycles. The van der Waals surface area contributed by atoms with Crippen molar-refractivity contribution in [3.8, 4) is 0 Å². The van der Waals surface area contributed by atoms with Crippen LogP contribution in [0.4, 0.5) is 5.82 Å². The van der Waals surface area contributed by atoms with E-state index in [9.17, 15) is 0 Å². The molecule has 2 heterocycles. The van der Waals surface area contributed by atoms with E-state index in [0.717, 1.165) is 49.9 Å². The van der Waals surface area contributed by atoms with Crippen LogP contribution in [0.1, 0.15) is 38.2 Å². The Bertz CT molecular complexity index is 460. The molecule has 1 aromatic rings. The maximum absolute atomic E-state index is 4.77. The summed E-state index contributed by atoms with van der Waals surface area (Å²) in [6.07, 6.45) is 0.916. The highest BCUT2D eigenvalue weighted by Gasteiger charge is 2.23. The Kier molecular flexibility index (Phi) is 5.53. The number of aromatic nitrogens is 2. The minimum Gasteiger partial charge on any atom is -0.370 e. The molecule has 0 radical (unpaired) electrons. The molecule has 1 aliphatic heterocycles. The average molecular weight is 291 g/mol. The van der Waals surface area contributed by atoms with E-state index in [4.69, 9.17) is 9.97 Å². The highest BCUT2D eigenvalue weighted by molar-refractivity contribution is 5.36. The number of rotatable bonds is 5. The van der Waals surface area contributed by atoms with Gasteiger partial charge in [0.05, 0.1) is 0 Å². The fourth-order valence-corrected chi connectivity index (χ4v) is 2.71. The van der Waals surface area contributed by atoms with Gasteiger partial charge in [-0.2, -0.15) is 0 Å². The average Bonchev–Trinajstić information content (AvgIpc) is 2.43. The van der Waals surface area contributed by atoms with Gasteiger partial charge in [-0.25, -0.2) is 9.97 Å². The summed E-state index contributed by atoms with van der Waals surface area (Å²) in [6.45, 7) is 10.7. The number of hydrogen-bond acceptors (Lipinski definition) is 5. The fourth-order valence-electron chi connectivity index (χ4n) is 2.71. The molecule has 1 aliphatic rings. The molecule has 2 rings (SSSR count). The van der Waals surface area contributed by atoms with Crippen LogP contribution in [0.2, 0.25) is 0 Å². The van der Waals surface area contributed by atoms with E-state index in [-0.39, 0.29) is 0 Å². The zero-order valence-corrected chi connectivity index (χ0v) is 14.1. The summed E-state index contributed by atoms with van der Waals surface area (Å²) in [5.41, 5.74) is 1.13. The standard InChI is InChI=1S/C16H29N5/c1-6-17-15-10-14(12(2)3)18-16(19-15)9-13-11-20(4)7-8-21(13)5/h10,12-13H,6-9,11H2,1-5H3,(H,17,18,19). The van der Waals surface area contributed by atoms with Gasteiger partial charge < -0.3 is 15.1 Å². The van der Waals surface area contributed by atoms with Crippen LogP contribution in [-0.4, -0.2) is 66.1 Å². The van der Waals surface area contributed by atoms with Crippen molar-refractivity contribution in [2.75, 3.05) is 45.6 Å². The minimum absolute atomic E-state index is 0.427. The van der Waals surface area contributed by atoms with Gasteiger partial charge in [0, 0.05) is 50.4 Å². The summed E-state index contributed by atoms with van der Waals surface area (Å²) in [6, 6.07) is 2.58. The molecule has 0 aliphatic carbocycles. The van der Waals surface area contributed by atoms with Gasteiger partial charge in [-0.3, -0.25) is 0 Å². The lowest BCUT2D eigenvalue weighted by Crippen LogP contribution is -2.51. The van der Waals surface area contributed by atoms with Crippen molar-refractivity contribution in [2.45, 2.75) is 39.2 Å². The molecular weight excluding hydrogens is 262 g/mol. The van der Waals surface area contributed by atoms with Crippen LogP contribution < -0.4 is 5.32 Å². The number of likely N-dealkylation sites (N-methyl/N-ethyl adjacent to an activating group) is 2. The SMILES string of the molecule is CCNc1cc(C(C)C)nc(CC2CN(C)CCN2C)n1. The van der Waals surface area contributed by atoms with Gasteiger partial charge in [0.15, 0.2) is 0 Å². The summed E-state index contributed by atoms with van der Waals surface area (Å²) < 4.78 is 0. The Hall–Kier alpha value is -1.20. The molecule has 1 N–H and O–H groups in total. The molecule has 0 bridgehead atoms. The third-order valence-corrected chi connectivity index (χ3v) is 4.14. The van der Waals surface area contributed by atoms with E-state index in [1.54, 1.807) is 0 Å². The zero-order valence-electron chi connectivity index (χ0n) is 14.1. The molecular formula is C16H29N5. The Labute approximate surface area is 128 Å². The highest BCUT2D eigenvalue weighted by atomic mass is 15.3. The van der Waals surface area contributed by atoms with Crippen LogP contribution >= 0.6 is 0 Å². The first-order chi connectivity index (χ1) is 9.99. The number of nitrogens with zero attached hydrogens (tertiary/aromatic N) is 4. The molecule has 21 heavy (non-hydrogen) atoms. The fraction of sp³-hybridized carbons (Fsp3) is 0.750. The summed E-state index contributed by atoms with van der Waals surface area (Å²) in [5, 5.41) is 3.33. The summed E-state index contributed by atoms with van der Waals surface area (Å²) in [5.74, 6) is 2.35. The van der Waals surface area contributed by atoms with E-state index >= 15 is 0 Å². The van der Waals surface area contributed by atoms with Crippen molar-refractivity contribution in [2.24, 2.45) is 0 Å². The summed E-state index contributed by atoms with van der Waals surface area (Å²) in [7, 11) is 4.39. The smallest absolute Gasteiger partial charge is 0.132 e. The Morgan fingerprint density at radius 1 is 1.29 bits per heavy atom. The Morgan fingerprint density at radius 2 is 2.05 bits per heavy atom. The van der Waals surface area contributed by atoms with E-state index in [1.807, 2.05) is 0 Å². The second-order valence-corrected chi connectivity index (χ2v) is 6.38. The van der Waals surface area contributed by atoms with Gasteiger partial charge in [0.1, 0.15) is 11.6 Å².